The van der Waals surface area contributed by atoms with Gasteiger partial charge in [-0.05, 0) is 37.8 Å². The summed E-state index contributed by atoms with van der Waals surface area (Å²) in [7, 11) is 3.10. The molecule has 1 N–H and O–H groups in total. The van der Waals surface area contributed by atoms with Crippen LogP contribution in [0.4, 0.5) is 0 Å². The summed E-state index contributed by atoms with van der Waals surface area (Å²) in [6, 6.07) is 5.67. The SMILES string of the molecule is COc1cccc(OC)c1C(=O)N1CCC(C(=O)NC2CCCCC2)CC1. The van der Waals surface area contributed by atoms with E-state index in [4.69, 9.17) is 9.47 Å². The number of carbonyl (C=O) groups is 2. The van der Waals surface area contributed by atoms with E-state index in [1.165, 1.54) is 19.3 Å². The van der Waals surface area contributed by atoms with Crippen molar-refractivity contribution in [3.05, 3.63) is 23.8 Å². The smallest absolute Gasteiger partial charge is 0.261 e. The first-order valence-corrected chi connectivity index (χ1v) is 9.94. The highest BCUT2D eigenvalue weighted by Gasteiger charge is 2.31. The minimum atomic E-state index is -0.101. The van der Waals surface area contributed by atoms with Crippen molar-refractivity contribution in [1.82, 2.24) is 10.2 Å². The van der Waals surface area contributed by atoms with Crippen molar-refractivity contribution >= 4 is 11.8 Å². The summed E-state index contributed by atoms with van der Waals surface area (Å²) in [4.78, 5) is 27.4. The van der Waals surface area contributed by atoms with Gasteiger partial charge in [0.05, 0.1) is 14.2 Å². The van der Waals surface area contributed by atoms with Crippen molar-refractivity contribution in [1.29, 1.82) is 0 Å². The fourth-order valence-electron chi connectivity index (χ4n) is 4.13. The van der Waals surface area contributed by atoms with Gasteiger partial charge in [-0.25, -0.2) is 0 Å². The molecule has 6 nitrogen and oxygen atoms in total. The number of hydrogen-bond acceptors (Lipinski definition) is 4. The molecule has 148 valence electrons. The minimum Gasteiger partial charge on any atom is -0.496 e. The monoisotopic (exact) mass is 374 g/mol. The van der Waals surface area contributed by atoms with E-state index in [0.29, 0.717) is 49.0 Å². The van der Waals surface area contributed by atoms with Crippen LogP contribution in [-0.4, -0.2) is 50.1 Å². The largest absolute Gasteiger partial charge is 0.496 e. The Balaban J connectivity index is 1.59. The molecule has 6 heteroatoms. The van der Waals surface area contributed by atoms with E-state index in [-0.39, 0.29) is 17.7 Å². The number of piperidine rings is 1. The summed E-state index contributed by atoms with van der Waals surface area (Å²) in [5.41, 5.74) is 0.451. The van der Waals surface area contributed by atoms with Gasteiger partial charge in [-0.2, -0.15) is 0 Å². The van der Waals surface area contributed by atoms with Crippen molar-refractivity contribution in [3.63, 3.8) is 0 Å². The highest BCUT2D eigenvalue weighted by molar-refractivity contribution is 6.00. The van der Waals surface area contributed by atoms with E-state index in [0.717, 1.165) is 12.8 Å². The second kappa shape index (κ2) is 9.11. The molecule has 27 heavy (non-hydrogen) atoms. The van der Waals surface area contributed by atoms with Gasteiger partial charge in [0.1, 0.15) is 17.1 Å². The number of rotatable bonds is 5. The molecule has 1 aliphatic heterocycles. The van der Waals surface area contributed by atoms with Crippen molar-refractivity contribution in [2.45, 2.75) is 51.0 Å². The Hall–Kier alpha value is -2.24. The second-order valence-electron chi connectivity index (χ2n) is 7.45. The Bertz CT molecular complexity index is 640. The van der Waals surface area contributed by atoms with Crippen LogP contribution < -0.4 is 14.8 Å². The van der Waals surface area contributed by atoms with Crippen LogP contribution in [0.1, 0.15) is 55.3 Å². The average molecular weight is 374 g/mol. The molecule has 0 spiro atoms. The average Bonchev–Trinajstić information content (AvgIpc) is 2.73. The van der Waals surface area contributed by atoms with Gasteiger partial charge in [-0.3, -0.25) is 9.59 Å². The van der Waals surface area contributed by atoms with Gasteiger partial charge in [0, 0.05) is 25.0 Å². The number of likely N-dealkylation sites (tertiary alicyclic amines) is 1. The van der Waals surface area contributed by atoms with Crippen LogP contribution in [0.25, 0.3) is 0 Å². The van der Waals surface area contributed by atoms with Crippen LogP contribution in [-0.2, 0) is 4.79 Å². The second-order valence-corrected chi connectivity index (χ2v) is 7.45. The standard InChI is InChI=1S/C21H30N2O4/c1-26-17-9-6-10-18(27-2)19(17)21(25)23-13-11-15(12-14-23)20(24)22-16-7-4-3-5-8-16/h6,9-10,15-16H,3-5,7-8,11-14H2,1-2H3,(H,22,24). The molecule has 3 rings (SSSR count). The normalized spacial score (nSPS) is 18.8. The van der Waals surface area contributed by atoms with E-state index in [2.05, 4.69) is 5.32 Å². The molecule has 1 saturated carbocycles. The summed E-state index contributed by atoms with van der Waals surface area (Å²) in [6.45, 7) is 1.14. The highest BCUT2D eigenvalue weighted by Crippen LogP contribution is 2.31. The maximum Gasteiger partial charge on any atom is 0.261 e. The van der Waals surface area contributed by atoms with Gasteiger partial charge < -0.3 is 19.7 Å². The zero-order valence-corrected chi connectivity index (χ0v) is 16.3. The molecule has 2 aliphatic rings. The van der Waals surface area contributed by atoms with E-state index in [1.54, 1.807) is 37.3 Å². The summed E-state index contributed by atoms with van der Waals surface area (Å²) >= 11 is 0. The summed E-state index contributed by atoms with van der Waals surface area (Å²) in [5.74, 6) is 1.07. The predicted octanol–water partition coefficient (Wildman–Crippen LogP) is 3.00. The molecule has 1 aromatic carbocycles. The molecule has 2 amide bonds. The molecular weight excluding hydrogens is 344 g/mol. The number of nitrogens with one attached hydrogen (secondary N) is 1. The predicted molar refractivity (Wildman–Crippen MR) is 103 cm³/mol. The number of nitrogens with zero attached hydrogens (tertiary/aromatic N) is 1. The van der Waals surface area contributed by atoms with Gasteiger partial charge in [0.15, 0.2) is 0 Å². The topological polar surface area (TPSA) is 67.9 Å². The lowest BCUT2D eigenvalue weighted by molar-refractivity contribution is -0.127. The third-order valence-electron chi connectivity index (χ3n) is 5.75. The van der Waals surface area contributed by atoms with Gasteiger partial charge in [-0.15, -0.1) is 0 Å². The van der Waals surface area contributed by atoms with Gasteiger partial charge >= 0.3 is 0 Å². The molecule has 1 saturated heterocycles. The first kappa shape index (κ1) is 19.5. The highest BCUT2D eigenvalue weighted by atomic mass is 16.5. The fourth-order valence-corrected chi connectivity index (χ4v) is 4.13. The van der Waals surface area contributed by atoms with E-state index in [9.17, 15) is 9.59 Å². The molecule has 0 aromatic heterocycles. The Morgan fingerprint density at radius 2 is 1.56 bits per heavy atom. The maximum absolute atomic E-state index is 13.0. The van der Waals surface area contributed by atoms with Crippen LogP contribution in [0.2, 0.25) is 0 Å². The molecule has 1 aliphatic carbocycles. The molecule has 0 atom stereocenters. The number of carbonyl (C=O) groups excluding carboxylic acids is 2. The Morgan fingerprint density at radius 1 is 0.963 bits per heavy atom. The van der Waals surface area contributed by atoms with E-state index >= 15 is 0 Å². The van der Waals surface area contributed by atoms with Crippen molar-refractivity contribution in [2.75, 3.05) is 27.3 Å². The Morgan fingerprint density at radius 3 is 2.11 bits per heavy atom. The number of methoxy groups -OCH3 is 2. The maximum atomic E-state index is 13.0. The summed E-state index contributed by atoms with van der Waals surface area (Å²) in [6.07, 6.45) is 7.27. The molecule has 0 bridgehead atoms. The van der Waals surface area contributed by atoms with Crippen LogP contribution in [0.15, 0.2) is 18.2 Å². The third kappa shape index (κ3) is 4.54. The lowest BCUT2D eigenvalue weighted by Gasteiger charge is -2.33. The zero-order valence-electron chi connectivity index (χ0n) is 16.3. The van der Waals surface area contributed by atoms with Crippen molar-refractivity contribution in [2.24, 2.45) is 5.92 Å². The zero-order chi connectivity index (χ0) is 19.2. The van der Waals surface area contributed by atoms with Gasteiger partial charge in [0.25, 0.3) is 5.91 Å². The summed E-state index contributed by atoms with van der Waals surface area (Å²) in [5, 5.41) is 3.22. The van der Waals surface area contributed by atoms with Crippen molar-refractivity contribution in [3.8, 4) is 11.5 Å². The molecule has 1 heterocycles. The molecule has 1 aromatic rings. The first-order valence-electron chi connectivity index (χ1n) is 9.94. The van der Waals surface area contributed by atoms with E-state index in [1.807, 2.05) is 0 Å². The van der Waals surface area contributed by atoms with E-state index < -0.39 is 0 Å². The minimum absolute atomic E-state index is 0.00413. The van der Waals surface area contributed by atoms with Crippen LogP contribution >= 0.6 is 0 Å². The first-order chi connectivity index (χ1) is 13.1. The lowest BCUT2D eigenvalue weighted by Crippen LogP contribution is -2.45. The van der Waals surface area contributed by atoms with Crippen LogP contribution in [0.3, 0.4) is 0 Å². The van der Waals surface area contributed by atoms with Crippen LogP contribution in [0, 0.1) is 5.92 Å². The fraction of sp³-hybridized carbons (Fsp3) is 0.619. The molecule has 0 unspecified atom stereocenters. The third-order valence-corrected chi connectivity index (χ3v) is 5.75. The number of benzene rings is 1. The lowest BCUT2D eigenvalue weighted by atomic mass is 9.92. The number of ether oxygens (including phenoxy) is 2. The quantitative estimate of drug-likeness (QED) is 0.860. The van der Waals surface area contributed by atoms with Crippen LogP contribution in [0.5, 0.6) is 11.5 Å². The summed E-state index contributed by atoms with van der Waals surface area (Å²) < 4.78 is 10.7. The van der Waals surface area contributed by atoms with Crippen molar-refractivity contribution < 1.29 is 19.1 Å². The Labute approximate surface area is 161 Å². The molecule has 2 fully saturated rings. The van der Waals surface area contributed by atoms with Gasteiger partial charge in [-0.1, -0.05) is 25.3 Å². The number of amides is 2. The van der Waals surface area contributed by atoms with Gasteiger partial charge in [0.2, 0.25) is 5.91 Å². The molecule has 0 radical (unpaired) electrons. The Kier molecular flexibility index (Phi) is 6.58. The number of hydrogen-bond donors (Lipinski definition) is 1. The molecular formula is C21H30N2O4.